The van der Waals surface area contributed by atoms with E-state index in [-0.39, 0.29) is 0 Å². The van der Waals surface area contributed by atoms with Gasteiger partial charge in [0, 0.05) is 0 Å². The summed E-state index contributed by atoms with van der Waals surface area (Å²) in [5, 5.41) is 3.54. The van der Waals surface area contributed by atoms with Crippen molar-refractivity contribution in [2.24, 2.45) is 11.8 Å². The SMILES string of the molecule is CCNCC1CCC(C)CC1c1ccc(OCC)cc1. The van der Waals surface area contributed by atoms with Gasteiger partial charge in [-0.1, -0.05) is 32.4 Å². The van der Waals surface area contributed by atoms with Crippen molar-refractivity contribution in [1.29, 1.82) is 0 Å². The minimum Gasteiger partial charge on any atom is -0.494 e. The molecular weight excluding hydrogens is 246 g/mol. The Hall–Kier alpha value is -1.02. The molecule has 0 bridgehead atoms. The van der Waals surface area contributed by atoms with Crippen molar-refractivity contribution in [1.82, 2.24) is 5.32 Å². The Morgan fingerprint density at radius 3 is 2.55 bits per heavy atom. The first kappa shape index (κ1) is 15.4. The van der Waals surface area contributed by atoms with Crippen LogP contribution < -0.4 is 10.1 Å². The van der Waals surface area contributed by atoms with E-state index in [1.807, 2.05) is 6.92 Å². The molecule has 2 nitrogen and oxygen atoms in total. The van der Waals surface area contributed by atoms with Crippen molar-refractivity contribution in [3.63, 3.8) is 0 Å². The van der Waals surface area contributed by atoms with Gasteiger partial charge in [0.1, 0.15) is 5.75 Å². The summed E-state index contributed by atoms with van der Waals surface area (Å²) in [6.45, 7) is 9.58. The van der Waals surface area contributed by atoms with Gasteiger partial charge in [0.15, 0.2) is 0 Å². The molecule has 112 valence electrons. The van der Waals surface area contributed by atoms with Gasteiger partial charge in [0.25, 0.3) is 0 Å². The van der Waals surface area contributed by atoms with E-state index in [1.54, 1.807) is 0 Å². The van der Waals surface area contributed by atoms with Gasteiger partial charge in [0.05, 0.1) is 6.61 Å². The zero-order valence-electron chi connectivity index (χ0n) is 13.2. The molecule has 1 aromatic rings. The fourth-order valence-electron chi connectivity index (χ4n) is 3.40. The van der Waals surface area contributed by atoms with Crippen LogP contribution >= 0.6 is 0 Å². The molecule has 0 amide bonds. The topological polar surface area (TPSA) is 21.3 Å². The molecule has 3 atom stereocenters. The molecule has 0 heterocycles. The number of benzene rings is 1. The first-order valence-corrected chi connectivity index (χ1v) is 8.18. The third-order valence-electron chi connectivity index (χ3n) is 4.53. The number of nitrogens with one attached hydrogen (secondary N) is 1. The highest BCUT2D eigenvalue weighted by atomic mass is 16.5. The van der Waals surface area contributed by atoms with E-state index in [2.05, 4.69) is 43.4 Å². The average molecular weight is 275 g/mol. The lowest BCUT2D eigenvalue weighted by Gasteiger charge is -2.35. The predicted octanol–water partition coefficient (Wildman–Crippen LogP) is 4.21. The van der Waals surface area contributed by atoms with Gasteiger partial charge >= 0.3 is 0 Å². The van der Waals surface area contributed by atoms with Gasteiger partial charge in [0.2, 0.25) is 0 Å². The highest BCUT2D eigenvalue weighted by Gasteiger charge is 2.29. The Morgan fingerprint density at radius 1 is 1.15 bits per heavy atom. The molecule has 0 aliphatic heterocycles. The normalized spacial score (nSPS) is 26.4. The molecule has 0 aromatic heterocycles. The van der Waals surface area contributed by atoms with Gasteiger partial charge in [-0.25, -0.2) is 0 Å². The van der Waals surface area contributed by atoms with Gasteiger partial charge in [-0.2, -0.15) is 0 Å². The first-order valence-electron chi connectivity index (χ1n) is 8.18. The predicted molar refractivity (Wildman–Crippen MR) is 85.4 cm³/mol. The van der Waals surface area contributed by atoms with Crippen LogP contribution in [0.25, 0.3) is 0 Å². The van der Waals surface area contributed by atoms with Crippen molar-refractivity contribution in [2.75, 3.05) is 19.7 Å². The summed E-state index contributed by atoms with van der Waals surface area (Å²) in [6, 6.07) is 8.80. The molecule has 1 aromatic carbocycles. The van der Waals surface area contributed by atoms with Gasteiger partial charge in [-0.05, 0) is 68.3 Å². The average Bonchev–Trinajstić information content (AvgIpc) is 2.47. The molecule has 20 heavy (non-hydrogen) atoms. The van der Waals surface area contributed by atoms with E-state index in [0.29, 0.717) is 5.92 Å². The van der Waals surface area contributed by atoms with Crippen LogP contribution in [0, 0.1) is 11.8 Å². The largest absolute Gasteiger partial charge is 0.494 e. The van der Waals surface area contributed by atoms with Crippen LogP contribution in [0.5, 0.6) is 5.75 Å². The van der Waals surface area contributed by atoms with Gasteiger partial charge in [-0.15, -0.1) is 0 Å². The van der Waals surface area contributed by atoms with Gasteiger partial charge < -0.3 is 10.1 Å². The summed E-state index contributed by atoms with van der Waals surface area (Å²) in [4.78, 5) is 0. The van der Waals surface area contributed by atoms with E-state index in [9.17, 15) is 0 Å². The highest BCUT2D eigenvalue weighted by Crippen LogP contribution is 2.40. The standard InChI is InChI=1S/C18H29NO/c1-4-19-13-16-7-6-14(3)12-18(16)15-8-10-17(11-9-15)20-5-2/h8-11,14,16,18-19H,4-7,12-13H2,1-3H3. The molecular formula is C18H29NO. The van der Waals surface area contributed by atoms with Crippen LogP contribution in [0.3, 0.4) is 0 Å². The van der Waals surface area contributed by atoms with Crippen molar-refractivity contribution < 1.29 is 4.74 Å². The molecule has 1 N–H and O–H groups in total. The van der Waals surface area contributed by atoms with E-state index in [4.69, 9.17) is 4.74 Å². The Balaban J connectivity index is 2.08. The molecule has 0 saturated heterocycles. The Labute approximate surface area is 123 Å². The second-order valence-electron chi connectivity index (χ2n) is 6.09. The van der Waals surface area contributed by atoms with Crippen molar-refractivity contribution in [3.05, 3.63) is 29.8 Å². The van der Waals surface area contributed by atoms with E-state index in [0.717, 1.165) is 37.3 Å². The number of hydrogen-bond acceptors (Lipinski definition) is 2. The van der Waals surface area contributed by atoms with E-state index >= 15 is 0 Å². The molecule has 0 radical (unpaired) electrons. The van der Waals surface area contributed by atoms with Crippen LogP contribution in [0.1, 0.15) is 51.5 Å². The molecule has 1 saturated carbocycles. The lowest BCUT2D eigenvalue weighted by atomic mass is 9.71. The number of ether oxygens (including phenoxy) is 1. The Morgan fingerprint density at radius 2 is 1.90 bits per heavy atom. The lowest BCUT2D eigenvalue weighted by molar-refractivity contribution is 0.242. The van der Waals surface area contributed by atoms with Crippen LogP contribution in [0.4, 0.5) is 0 Å². The lowest BCUT2D eigenvalue weighted by Crippen LogP contribution is -2.31. The number of rotatable bonds is 6. The molecule has 1 aliphatic carbocycles. The third kappa shape index (κ3) is 3.99. The summed E-state index contributed by atoms with van der Waals surface area (Å²) < 4.78 is 5.55. The summed E-state index contributed by atoms with van der Waals surface area (Å²) >= 11 is 0. The smallest absolute Gasteiger partial charge is 0.119 e. The molecule has 0 spiro atoms. The van der Waals surface area contributed by atoms with Crippen LogP contribution in [0.15, 0.2) is 24.3 Å². The maximum absolute atomic E-state index is 5.55. The molecule has 3 unspecified atom stereocenters. The van der Waals surface area contributed by atoms with Crippen molar-refractivity contribution in [2.45, 2.75) is 46.0 Å². The molecule has 2 rings (SSSR count). The second kappa shape index (κ2) is 7.68. The number of hydrogen-bond donors (Lipinski definition) is 1. The maximum Gasteiger partial charge on any atom is 0.119 e. The van der Waals surface area contributed by atoms with Crippen molar-refractivity contribution >= 4 is 0 Å². The van der Waals surface area contributed by atoms with Crippen LogP contribution in [-0.2, 0) is 0 Å². The molecule has 2 heteroatoms. The quantitative estimate of drug-likeness (QED) is 0.839. The fourth-order valence-corrected chi connectivity index (χ4v) is 3.40. The summed E-state index contributed by atoms with van der Waals surface area (Å²) in [5.41, 5.74) is 1.49. The third-order valence-corrected chi connectivity index (χ3v) is 4.53. The zero-order valence-corrected chi connectivity index (χ0v) is 13.2. The fraction of sp³-hybridized carbons (Fsp3) is 0.667. The van der Waals surface area contributed by atoms with Crippen molar-refractivity contribution in [3.8, 4) is 5.75 Å². The summed E-state index contributed by atoms with van der Waals surface area (Å²) in [6.07, 6.45) is 4.06. The van der Waals surface area contributed by atoms with E-state index in [1.165, 1.54) is 24.8 Å². The Kier molecular flexibility index (Phi) is 5.90. The first-order chi connectivity index (χ1) is 9.74. The van der Waals surface area contributed by atoms with Crippen LogP contribution in [0.2, 0.25) is 0 Å². The van der Waals surface area contributed by atoms with E-state index < -0.39 is 0 Å². The summed E-state index contributed by atoms with van der Waals surface area (Å²) in [5.74, 6) is 3.32. The Bertz CT molecular complexity index is 385. The molecule has 1 aliphatic rings. The van der Waals surface area contributed by atoms with Crippen LogP contribution in [-0.4, -0.2) is 19.7 Å². The van der Waals surface area contributed by atoms with Gasteiger partial charge in [-0.3, -0.25) is 0 Å². The maximum atomic E-state index is 5.55. The molecule has 1 fully saturated rings. The zero-order chi connectivity index (χ0) is 14.4. The minimum atomic E-state index is 0.702. The minimum absolute atomic E-state index is 0.702. The highest BCUT2D eigenvalue weighted by molar-refractivity contribution is 5.30. The second-order valence-corrected chi connectivity index (χ2v) is 6.09. The summed E-state index contributed by atoms with van der Waals surface area (Å²) in [7, 11) is 0. The monoisotopic (exact) mass is 275 g/mol.